The van der Waals surface area contributed by atoms with Crippen molar-refractivity contribution < 1.29 is 14.4 Å². The lowest BCUT2D eigenvalue weighted by atomic mass is 9.72. The van der Waals surface area contributed by atoms with E-state index in [0.717, 1.165) is 19.3 Å². The summed E-state index contributed by atoms with van der Waals surface area (Å²) in [4.78, 5) is 18.9. The van der Waals surface area contributed by atoms with Crippen molar-refractivity contribution >= 4 is 7.60 Å². The minimum absolute atomic E-state index is 0.118. The van der Waals surface area contributed by atoms with Crippen molar-refractivity contribution in [1.82, 2.24) is 0 Å². The van der Waals surface area contributed by atoms with Crippen LogP contribution in [0, 0.1) is 16.7 Å². The van der Waals surface area contributed by atoms with E-state index in [1.165, 1.54) is 0 Å². The van der Waals surface area contributed by atoms with Crippen molar-refractivity contribution in [3.63, 3.8) is 0 Å². The van der Waals surface area contributed by atoms with Crippen LogP contribution in [-0.2, 0) is 4.57 Å². The Morgan fingerprint density at radius 1 is 1.29 bits per heavy atom. The molecule has 0 spiro atoms. The maximum Gasteiger partial charge on any atom is 0.329 e. The predicted molar refractivity (Wildman–Crippen MR) is 55.1 cm³/mol. The van der Waals surface area contributed by atoms with E-state index in [2.05, 4.69) is 0 Å². The van der Waals surface area contributed by atoms with Crippen LogP contribution >= 0.6 is 7.60 Å². The van der Waals surface area contributed by atoms with E-state index in [-0.39, 0.29) is 10.8 Å². The van der Waals surface area contributed by atoms with Crippen molar-refractivity contribution in [2.45, 2.75) is 45.7 Å². The van der Waals surface area contributed by atoms with Gasteiger partial charge in [-0.2, -0.15) is 0 Å². The normalized spacial score (nSPS) is 45.8. The van der Waals surface area contributed by atoms with Gasteiger partial charge in [-0.05, 0) is 36.0 Å². The van der Waals surface area contributed by atoms with E-state index in [4.69, 9.17) is 0 Å². The molecule has 2 N–H and O–H groups in total. The molecule has 0 aliphatic heterocycles. The molecular weight excluding hydrogens is 199 g/mol. The Hall–Kier alpha value is 0.150. The van der Waals surface area contributed by atoms with E-state index in [1.54, 1.807) is 0 Å². The van der Waals surface area contributed by atoms with Crippen molar-refractivity contribution in [1.29, 1.82) is 0 Å². The highest BCUT2D eigenvalue weighted by Crippen LogP contribution is 2.72. The lowest BCUT2D eigenvalue weighted by molar-refractivity contribution is 0.162. The molecule has 3 nitrogen and oxygen atoms in total. The molecular formula is C10H19O3P. The third kappa shape index (κ3) is 1.22. The van der Waals surface area contributed by atoms with E-state index in [1.807, 2.05) is 20.8 Å². The fraction of sp³-hybridized carbons (Fsp3) is 1.00. The van der Waals surface area contributed by atoms with Gasteiger partial charge in [-0.1, -0.05) is 20.8 Å². The van der Waals surface area contributed by atoms with Crippen LogP contribution in [0.3, 0.4) is 0 Å². The summed E-state index contributed by atoms with van der Waals surface area (Å²) in [6, 6.07) is 0. The largest absolute Gasteiger partial charge is 0.329 e. The molecule has 0 radical (unpaired) electrons. The first kappa shape index (κ1) is 10.7. The summed E-state index contributed by atoms with van der Waals surface area (Å²) >= 11 is 0. The highest BCUT2D eigenvalue weighted by molar-refractivity contribution is 7.52. The zero-order valence-electron chi connectivity index (χ0n) is 9.03. The molecule has 2 aliphatic rings. The Kier molecular flexibility index (Phi) is 2.01. The standard InChI is InChI=1S/C10H19O3P/c1-9(2)7-4-5-10(3,6-7)8(9)14(11,12)13/h7-8H,4-6H2,1-3H3,(H2,11,12,13)/t7-,8+,10+/m0/s1. The van der Waals surface area contributed by atoms with Crippen molar-refractivity contribution in [2.75, 3.05) is 0 Å². The quantitative estimate of drug-likeness (QED) is 0.664. The monoisotopic (exact) mass is 218 g/mol. The molecule has 0 saturated heterocycles. The minimum atomic E-state index is -3.94. The van der Waals surface area contributed by atoms with Gasteiger partial charge in [0, 0.05) is 0 Å². The molecule has 0 amide bonds. The maximum atomic E-state index is 11.5. The number of rotatable bonds is 1. The fourth-order valence-electron chi connectivity index (χ4n) is 4.12. The lowest BCUT2D eigenvalue weighted by Crippen LogP contribution is -2.40. The molecule has 4 heteroatoms. The van der Waals surface area contributed by atoms with Crippen molar-refractivity contribution in [3.8, 4) is 0 Å². The van der Waals surface area contributed by atoms with Gasteiger partial charge in [0.25, 0.3) is 0 Å². The Balaban J connectivity index is 2.45. The highest BCUT2D eigenvalue weighted by atomic mass is 31.2. The van der Waals surface area contributed by atoms with E-state index >= 15 is 0 Å². The first-order chi connectivity index (χ1) is 6.18. The van der Waals surface area contributed by atoms with E-state index < -0.39 is 13.3 Å². The third-order valence-corrected chi connectivity index (χ3v) is 6.49. The molecule has 0 aromatic heterocycles. The summed E-state index contributed by atoms with van der Waals surface area (Å²) < 4.78 is 11.5. The molecule has 0 aromatic rings. The van der Waals surface area contributed by atoms with E-state index in [0.29, 0.717) is 5.92 Å². The Morgan fingerprint density at radius 3 is 2.14 bits per heavy atom. The molecule has 2 aliphatic carbocycles. The molecule has 2 fully saturated rings. The van der Waals surface area contributed by atoms with Crippen LogP contribution in [0.15, 0.2) is 0 Å². The van der Waals surface area contributed by atoms with Crippen molar-refractivity contribution in [2.24, 2.45) is 16.7 Å². The van der Waals surface area contributed by atoms with Gasteiger partial charge in [0.2, 0.25) is 0 Å². The van der Waals surface area contributed by atoms with Crippen LogP contribution in [0.5, 0.6) is 0 Å². The molecule has 0 heterocycles. The summed E-state index contributed by atoms with van der Waals surface area (Å²) in [6.45, 7) is 6.09. The second kappa shape index (κ2) is 2.63. The van der Waals surface area contributed by atoms with Crippen LogP contribution in [0.25, 0.3) is 0 Å². The summed E-state index contributed by atoms with van der Waals surface area (Å²) in [7, 11) is -3.94. The molecule has 3 atom stereocenters. The second-order valence-electron chi connectivity index (χ2n) is 5.91. The fourth-order valence-corrected chi connectivity index (χ4v) is 6.24. The van der Waals surface area contributed by atoms with Gasteiger partial charge in [-0.15, -0.1) is 0 Å². The van der Waals surface area contributed by atoms with Gasteiger partial charge < -0.3 is 9.79 Å². The molecule has 0 aromatic carbocycles. The first-order valence-corrected chi connectivity index (χ1v) is 6.91. The summed E-state index contributed by atoms with van der Waals surface area (Å²) in [5, 5.41) is 0. The van der Waals surface area contributed by atoms with Crippen LogP contribution in [0.2, 0.25) is 0 Å². The molecule has 2 saturated carbocycles. The highest BCUT2D eigenvalue weighted by Gasteiger charge is 2.64. The second-order valence-corrected chi connectivity index (χ2v) is 7.60. The Morgan fingerprint density at radius 2 is 1.86 bits per heavy atom. The molecule has 2 rings (SSSR count). The van der Waals surface area contributed by atoms with Crippen LogP contribution < -0.4 is 0 Å². The van der Waals surface area contributed by atoms with Crippen LogP contribution in [0.4, 0.5) is 0 Å². The molecule has 2 bridgehead atoms. The predicted octanol–water partition coefficient (Wildman–Crippen LogP) is 2.38. The van der Waals surface area contributed by atoms with Gasteiger partial charge in [-0.25, -0.2) is 0 Å². The SMILES string of the molecule is CC1(C)[C@H]2CC[C@](C)(C2)[C@@H]1P(=O)(O)O. The average molecular weight is 218 g/mol. The summed E-state index contributed by atoms with van der Waals surface area (Å²) in [5.41, 5.74) is -0.736. The Bertz CT molecular complexity index is 302. The number of hydrogen-bond donors (Lipinski definition) is 2. The van der Waals surface area contributed by atoms with Crippen LogP contribution in [0.1, 0.15) is 40.0 Å². The summed E-state index contributed by atoms with van der Waals surface area (Å²) in [5.74, 6) is 0.505. The van der Waals surface area contributed by atoms with Gasteiger partial charge in [-0.3, -0.25) is 4.57 Å². The van der Waals surface area contributed by atoms with Gasteiger partial charge in [0.05, 0.1) is 5.66 Å². The maximum absolute atomic E-state index is 11.5. The lowest BCUT2D eigenvalue weighted by Gasteiger charge is -2.42. The molecule has 14 heavy (non-hydrogen) atoms. The minimum Gasteiger partial charge on any atom is -0.324 e. The zero-order chi connectivity index (χ0) is 10.8. The average Bonchev–Trinajstić information content (AvgIpc) is 2.34. The van der Waals surface area contributed by atoms with Gasteiger partial charge in [0.15, 0.2) is 0 Å². The molecule has 0 unspecified atom stereocenters. The van der Waals surface area contributed by atoms with Gasteiger partial charge >= 0.3 is 7.60 Å². The van der Waals surface area contributed by atoms with Crippen molar-refractivity contribution in [3.05, 3.63) is 0 Å². The molecule has 82 valence electrons. The number of hydrogen-bond acceptors (Lipinski definition) is 1. The third-order valence-electron chi connectivity index (χ3n) is 4.53. The summed E-state index contributed by atoms with van der Waals surface area (Å²) in [6.07, 6.45) is 3.12. The first-order valence-electron chi connectivity index (χ1n) is 5.23. The zero-order valence-corrected chi connectivity index (χ0v) is 9.92. The number of fused-ring (bicyclic) bond motifs is 2. The van der Waals surface area contributed by atoms with Gasteiger partial charge in [0.1, 0.15) is 0 Å². The smallest absolute Gasteiger partial charge is 0.324 e. The Labute approximate surface area is 85.1 Å². The topological polar surface area (TPSA) is 57.5 Å². The van der Waals surface area contributed by atoms with Crippen LogP contribution in [-0.4, -0.2) is 15.4 Å². The van der Waals surface area contributed by atoms with E-state index in [9.17, 15) is 14.4 Å².